The molecular formula is C14H8F3N3O2. The first kappa shape index (κ1) is 14.1. The van der Waals surface area contributed by atoms with Gasteiger partial charge in [-0.1, -0.05) is 12.1 Å². The van der Waals surface area contributed by atoms with Crippen molar-refractivity contribution < 1.29 is 23.1 Å². The highest BCUT2D eigenvalue weighted by Crippen LogP contribution is 2.32. The van der Waals surface area contributed by atoms with Crippen LogP contribution in [0.15, 0.2) is 42.7 Å². The van der Waals surface area contributed by atoms with Gasteiger partial charge >= 0.3 is 12.1 Å². The normalized spacial score (nSPS) is 11.8. The Balaban J connectivity index is 2.18. The van der Waals surface area contributed by atoms with Crippen LogP contribution in [0.1, 0.15) is 15.9 Å². The van der Waals surface area contributed by atoms with Crippen LogP contribution in [0.2, 0.25) is 0 Å². The van der Waals surface area contributed by atoms with E-state index in [1.54, 1.807) is 6.07 Å². The van der Waals surface area contributed by atoms with E-state index in [-0.39, 0.29) is 22.5 Å². The number of aromatic carboxylic acids is 1. The SMILES string of the molecule is O=C(O)c1c(-c2ccc(C(F)(F)F)cc2)nn2cccnc12. The third kappa shape index (κ3) is 2.28. The lowest BCUT2D eigenvalue weighted by molar-refractivity contribution is -0.137. The molecule has 1 aromatic carbocycles. The third-order valence-electron chi connectivity index (χ3n) is 3.09. The molecule has 22 heavy (non-hydrogen) atoms. The van der Waals surface area contributed by atoms with Crippen molar-refractivity contribution >= 4 is 11.6 Å². The molecule has 0 unspecified atom stereocenters. The highest BCUT2D eigenvalue weighted by Gasteiger charge is 2.30. The summed E-state index contributed by atoms with van der Waals surface area (Å²) < 4.78 is 39.0. The number of benzene rings is 1. The van der Waals surface area contributed by atoms with Gasteiger partial charge in [-0.05, 0) is 18.2 Å². The molecule has 0 aliphatic rings. The van der Waals surface area contributed by atoms with Gasteiger partial charge < -0.3 is 5.11 Å². The summed E-state index contributed by atoms with van der Waals surface area (Å²) in [6, 6.07) is 5.73. The van der Waals surface area contributed by atoms with E-state index in [4.69, 9.17) is 0 Å². The Labute approximate surface area is 121 Å². The van der Waals surface area contributed by atoms with Gasteiger partial charge in [-0.25, -0.2) is 14.3 Å². The molecule has 0 amide bonds. The molecule has 2 heterocycles. The summed E-state index contributed by atoms with van der Waals surface area (Å²) in [6.45, 7) is 0. The van der Waals surface area contributed by atoms with Gasteiger partial charge in [0.25, 0.3) is 0 Å². The summed E-state index contributed by atoms with van der Waals surface area (Å²) in [4.78, 5) is 15.4. The molecule has 0 saturated carbocycles. The summed E-state index contributed by atoms with van der Waals surface area (Å²) >= 11 is 0. The van der Waals surface area contributed by atoms with E-state index in [0.717, 1.165) is 12.1 Å². The minimum Gasteiger partial charge on any atom is -0.477 e. The Bertz CT molecular complexity index is 854. The van der Waals surface area contributed by atoms with Crippen LogP contribution in [-0.2, 0) is 6.18 Å². The second-order valence-electron chi connectivity index (χ2n) is 4.49. The maximum atomic E-state index is 12.6. The number of carboxylic acid groups (broad SMARTS) is 1. The Hall–Kier alpha value is -2.90. The van der Waals surface area contributed by atoms with Crippen molar-refractivity contribution in [3.63, 3.8) is 0 Å². The number of rotatable bonds is 2. The largest absolute Gasteiger partial charge is 0.477 e. The lowest BCUT2D eigenvalue weighted by Gasteiger charge is -2.06. The van der Waals surface area contributed by atoms with Crippen LogP contribution in [-0.4, -0.2) is 25.7 Å². The first-order chi connectivity index (χ1) is 10.4. The van der Waals surface area contributed by atoms with Crippen molar-refractivity contribution in [1.29, 1.82) is 0 Å². The second-order valence-corrected chi connectivity index (χ2v) is 4.49. The number of aromatic nitrogens is 3. The number of carboxylic acids is 1. The summed E-state index contributed by atoms with van der Waals surface area (Å²) in [6.07, 6.45) is -1.52. The molecule has 3 aromatic rings. The maximum Gasteiger partial charge on any atom is 0.416 e. The van der Waals surface area contributed by atoms with Crippen molar-refractivity contribution in [3.05, 3.63) is 53.9 Å². The van der Waals surface area contributed by atoms with Gasteiger partial charge in [-0.2, -0.15) is 18.3 Å². The van der Waals surface area contributed by atoms with Gasteiger partial charge in [-0.15, -0.1) is 0 Å². The van der Waals surface area contributed by atoms with E-state index in [2.05, 4.69) is 10.1 Å². The standard InChI is InChI=1S/C14H8F3N3O2/c15-14(16,17)9-4-2-8(3-5-9)11-10(13(21)22)12-18-6-1-7-20(12)19-11/h1-7H,(H,21,22). The number of fused-ring (bicyclic) bond motifs is 1. The van der Waals surface area contributed by atoms with Crippen molar-refractivity contribution in [3.8, 4) is 11.3 Å². The fraction of sp³-hybridized carbons (Fsp3) is 0.0714. The minimum absolute atomic E-state index is 0.0694. The zero-order valence-corrected chi connectivity index (χ0v) is 10.9. The quantitative estimate of drug-likeness (QED) is 0.790. The lowest BCUT2D eigenvalue weighted by atomic mass is 10.1. The van der Waals surface area contributed by atoms with Gasteiger partial charge in [0.15, 0.2) is 5.65 Å². The van der Waals surface area contributed by atoms with Gasteiger partial charge in [0.2, 0.25) is 0 Å². The maximum absolute atomic E-state index is 12.6. The molecule has 0 aliphatic carbocycles. The molecule has 0 aliphatic heterocycles. The zero-order chi connectivity index (χ0) is 15.9. The van der Waals surface area contributed by atoms with Crippen LogP contribution < -0.4 is 0 Å². The van der Waals surface area contributed by atoms with Gasteiger partial charge in [0.1, 0.15) is 11.3 Å². The first-order valence-corrected chi connectivity index (χ1v) is 6.12. The smallest absolute Gasteiger partial charge is 0.416 e. The van der Waals surface area contributed by atoms with Gasteiger partial charge in [0.05, 0.1) is 5.56 Å². The Morgan fingerprint density at radius 3 is 2.45 bits per heavy atom. The molecule has 0 saturated heterocycles. The Kier molecular flexibility index (Phi) is 3.09. The van der Waals surface area contributed by atoms with E-state index in [1.807, 2.05) is 0 Å². The zero-order valence-electron chi connectivity index (χ0n) is 10.9. The average Bonchev–Trinajstić information content (AvgIpc) is 2.86. The number of halogens is 3. The first-order valence-electron chi connectivity index (χ1n) is 6.12. The summed E-state index contributed by atoms with van der Waals surface area (Å²) in [5.74, 6) is -1.25. The molecular weight excluding hydrogens is 299 g/mol. The number of alkyl halides is 3. The van der Waals surface area contributed by atoms with Crippen LogP contribution in [0.5, 0.6) is 0 Å². The predicted octanol–water partition coefficient (Wildman–Crippen LogP) is 3.11. The fourth-order valence-electron chi connectivity index (χ4n) is 2.10. The molecule has 0 atom stereocenters. The van der Waals surface area contributed by atoms with Crippen molar-refractivity contribution in [2.24, 2.45) is 0 Å². The minimum atomic E-state index is -4.45. The van der Waals surface area contributed by atoms with Gasteiger partial charge in [0, 0.05) is 18.0 Å². The lowest BCUT2D eigenvalue weighted by Crippen LogP contribution is -2.04. The van der Waals surface area contributed by atoms with Crippen LogP contribution in [0, 0.1) is 0 Å². The summed E-state index contributed by atoms with van der Waals surface area (Å²) in [5.41, 5.74) is -0.490. The number of carbonyl (C=O) groups is 1. The third-order valence-corrected chi connectivity index (χ3v) is 3.09. The monoisotopic (exact) mass is 307 g/mol. The number of hydrogen-bond donors (Lipinski definition) is 1. The molecule has 0 fully saturated rings. The van der Waals surface area contributed by atoms with E-state index >= 15 is 0 Å². The Morgan fingerprint density at radius 2 is 1.86 bits per heavy atom. The molecule has 8 heteroatoms. The summed E-state index contributed by atoms with van der Waals surface area (Å²) in [5, 5.41) is 13.4. The topological polar surface area (TPSA) is 67.5 Å². The molecule has 3 rings (SSSR count). The highest BCUT2D eigenvalue weighted by atomic mass is 19.4. The van der Waals surface area contributed by atoms with Crippen molar-refractivity contribution in [1.82, 2.24) is 14.6 Å². The molecule has 112 valence electrons. The van der Waals surface area contributed by atoms with Crippen molar-refractivity contribution in [2.75, 3.05) is 0 Å². The molecule has 5 nitrogen and oxygen atoms in total. The van der Waals surface area contributed by atoms with Crippen molar-refractivity contribution in [2.45, 2.75) is 6.18 Å². The molecule has 0 spiro atoms. The highest BCUT2D eigenvalue weighted by molar-refractivity contribution is 6.01. The second kappa shape index (κ2) is 4.83. The number of nitrogens with zero attached hydrogens (tertiary/aromatic N) is 3. The predicted molar refractivity (Wildman–Crippen MR) is 70.4 cm³/mol. The average molecular weight is 307 g/mol. The van der Waals surface area contributed by atoms with E-state index in [0.29, 0.717) is 0 Å². The van der Waals surface area contributed by atoms with E-state index in [1.165, 1.54) is 29.0 Å². The van der Waals surface area contributed by atoms with Crippen LogP contribution in [0.25, 0.3) is 16.9 Å². The molecule has 0 radical (unpaired) electrons. The van der Waals surface area contributed by atoms with Gasteiger partial charge in [-0.3, -0.25) is 0 Å². The fourth-order valence-corrected chi connectivity index (χ4v) is 2.10. The summed E-state index contributed by atoms with van der Waals surface area (Å²) in [7, 11) is 0. The van der Waals surface area contributed by atoms with E-state index in [9.17, 15) is 23.1 Å². The van der Waals surface area contributed by atoms with Crippen LogP contribution >= 0.6 is 0 Å². The molecule has 1 N–H and O–H groups in total. The van der Waals surface area contributed by atoms with Crippen LogP contribution in [0.4, 0.5) is 13.2 Å². The molecule has 0 bridgehead atoms. The van der Waals surface area contributed by atoms with Crippen LogP contribution in [0.3, 0.4) is 0 Å². The van der Waals surface area contributed by atoms with E-state index < -0.39 is 17.7 Å². The Morgan fingerprint density at radius 1 is 1.18 bits per heavy atom. The molecule has 2 aromatic heterocycles. The number of hydrogen-bond acceptors (Lipinski definition) is 3.